The van der Waals surface area contributed by atoms with Crippen LogP contribution in [0.5, 0.6) is 0 Å². The molecule has 0 N–H and O–H groups in total. The number of rotatable bonds is 4. The number of urea groups is 1. The number of hydrogen-bond acceptors (Lipinski definition) is 2. The van der Waals surface area contributed by atoms with E-state index in [1.54, 1.807) is 26.0 Å². The monoisotopic (exact) mass is 208 g/mol. The molecule has 0 aliphatic carbocycles. The lowest BCUT2D eigenvalue weighted by Crippen LogP contribution is -2.44. The molecular formula is C11H16N2O2. The van der Waals surface area contributed by atoms with Crippen LogP contribution in [0.3, 0.4) is 0 Å². The van der Waals surface area contributed by atoms with Crippen LogP contribution in [0.2, 0.25) is 0 Å². The molecule has 0 aromatic carbocycles. The molecule has 0 aromatic rings. The standard InChI is InChI=1S/C11H16N2O2/c1-5-7-12-9(14)11(3,4)13(8-6-2)10(12)15/h5-6H,1-2,7-8H2,3-4H3. The summed E-state index contributed by atoms with van der Waals surface area (Å²) in [4.78, 5) is 26.5. The molecule has 82 valence electrons. The number of nitrogens with zero attached hydrogens (tertiary/aromatic N) is 2. The third-order valence-corrected chi connectivity index (χ3v) is 2.53. The predicted octanol–water partition coefficient (Wildman–Crippen LogP) is 1.40. The average Bonchev–Trinajstić information content (AvgIpc) is 2.33. The normalized spacial score (nSPS) is 19.6. The van der Waals surface area contributed by atoms with Gasteiger partial charge in [-0.25, -0.2) is 4.79 Å². The predicted molar refractivity (Wildman–Crippen MR) is 58.3 cm³/mol. The molecule has 4 nitrogen and oxygen atoms in total. The van der Waals surface area contributed by atoms with Crippen molar-refractivity contribution in [3.8, 4) is 0 Å². The molecule has 0 atom stereocenters. The van der Waals surface area contributed by atoms with E-state index in [0.29, 0.717) is 6.54 Å². The third kappa shape index (κ3) is 1.67. The molecular weight excluding hydrogens is 192 g/mol. The minimum atomic E-state index is -0.783. The van der Waals surface area contributed by atoms with Crippen LogP contribution < -0.4 is 0 Å². The van der Waals surface area contributed by atoms with E-state index in [2.05, 4.69) is 13.2 Å². The van der Waals surface area contributed by atoms with Gasteiger partial charge in [0.25, 0.3) is 5.91 Å². The lowest BCUT2D eigenvalue weighted by atomic mass is 10.0. The summed E-state index contributed by atoms with van der Waals surface area (Å²) in [6.07, 6.45) is 3.16. The van der Waals surface area contributed by atoms with Crippen molar-refractivity contribution in [3.63, 3.8) is 0 Å². The van der Waals surface area contributed by atoms with Crippen LogP contribution in [0.1, 0.15) is 13.8 Å². The number of amides is 3. The first-order valence-electron chi connectivity index (χ1n) is 4.82. The summed E-state index contributed by atoms with van der Waals surface area (Å²) in [5.41, 5.74) is -0.783. The summed E-state index contributed by atoms with van der Waals surface area (Å²) in [6.45, 7) is 11.2. The SMILES string of the molecule is C=CCN1C(=O)N(CC=C)C(C)(C)C1=O. The van der Waals surface area contributed by atoms with Crippen LogP contribution in [0.25, 0.3) is 0 Å². The van der Waals surface area contributed by atoms with E-state index in [1.165, 1.54) is 9.80 Å². The second-order valence-corrected chi connectivity index (χ2v) is 3.95. The van der Waals surface area contributed by atoms with Crippen molar-refractivity contribution in [2.75, 3.05) is 13.1 Å². The second kappa shape index (κ2) is 3.88. The van der Waals surface area contributed by atoms with Crippen molar-refractivity contribution >= 4 is 11.9 Å². The lowest BCUT2D eigenvalue weighted by Gasteiger charge is -2.26. The Bertz CT molecular complexity index is 321. The Morgan fingerprint density at radius 1 is 1.20 bits per heavy atom. The molecule has 15 heavy (non-hydrogen) atoms. The molecule has 1 heterocycles. The molecule has 1 rings (SSSR count). The number of hydrogen-bond donors (Lipinski definition) is 0. The molecule has 0 aromatic heterocycles. The van der Waals surface area contributed by atoms with E-state index >= 15 is 0 Å². The molecule has 4 heteroatoms. The highest BCUT2D eigenvalue weighted by Crippen LogP contribution is 2.27. The van der Waals surface area contributed by atoms with E-state index < -0.39 is 5.54 Å². The van der Waals surface area contributed by atoms with Gasteiger partial charge in [-0.15, -0.1) is 13.2 Å². The fraction of sp³-hybridized carbons (Fsp3) is 0.455. The molecule has 1 aliphatic heterocycles. The molecule has 0 saturated carbocycles. The smallest absolute Gasteiger partial charge is 0.306 e. The second-order valence-electron chi connectivity index (χ2n) is 3.95. The molecule has 0 unspecified atom stereocenters. The van der Waals surface area contributed by atoms with Crippen molar-refractivity contribution < 1.29 is 9.59 Å². The molecule has 3 amide bonds. The molecule has 0 radical (unpaired) electrons. The van der Waals surface area contributed by atoms with Gasteiger partial charge in [-0.1, -0.05) is 12.2 Å². The molecule has 1 aliphatic rings. The van der Waals surface area contributed by atoms with Gasteiger partial charge in [0.05, 0.1) is 0 Å². The van der Waals surface area contributed by atoms with Crippen molar-refractivity contribution in [2.24, 2.45) is 0 Å². The zero-order valence-corrected chi connectivity index (χ0v) is 9.19. The molecule has 0 bridgehead atoms. The van der Waals surface area contributed by atoms with Crippen LogP contribution in [-0.2, 0) is 4.79 Å². The van der Waals surface area contributed by atoms with Gasteiger partial charge in [0.1, 0.15) is 5.54 Å². The van der Waals surface area contributed by atoms with E-state index in [1.807, 2.05) is 0 Å². The highest BCUT2D eigenvalue weighted by atomic mass is 16.2. The highest BCUT2D eigenvalue weighted by Gasteiger charge is 2.49. The van der Waals surface area contributed by atoms with Crippen LogP contribution in [0, 0.1) is 0 Å². The van der Waals surface area contributed by atoms with Gasteiger partial charge in [0.2, 0.25) is 0 Å². The maximum absolute atomic E-state index is 11.9. The quantitative estimate of drug-likeness (QED) is 0.517. The molecule has 1 fully saturated rings. The fourth-order valence-electron chi connectivity index (χ4n) is 1.64. The van der Waals surface area contributed by atoms with Gasteiger partial charge < -0.3 is 4.90 Å². The van der Waals surface area contributed by atoms with Gasteiger partial charge in [0.15, 0.2) is 0 Å². The van der Waals surface area contributed by atoms with E-state index in [4.69, 9.17) is 0 Å². The number of carbonyl (C=O) groups excluding carboxylic acids is 2. The Labute approximate surface area is 89.8 Å². The largest absolute Gasteiger partial charge is 0.328 e. The summed E-state index contributed by atoms with van der Waals surface area (Å²) in [5.74, 6) is -0.186. The van der Waals surface area contributed by atoms with Gasteiger partial charge >= 0.3 is 6.03 Å². The lowest BCUT2D eigenvalue weighted by molar-refractivity contribution is -0.131. The Morgan fingerprint density at radius 2 is 1.73 bits per heavy atom. The molecule has 1 saturated heterocycles. The summed E-state index contributed by atoms with van der Waals surface area (Å²) < 4.78 is 0. The Balaban J connectivity index is 3.01. The van der Waals surface area contributed by atoms with Crippen LogP contribution in [0.4, 0.5) is 4.79 Å². The Kier molecular flexibility index (Phi) is 2.98. The highest BCUT2D eigenvalue weighted by molar-refractivity contribution is 6.06. The third-order valence-electron chi connectivity index (χ3n) is 2.53. The Hall–Kier alpha value is -1.58. The van der Waals surface area contributed by atoms with Crippen LogP contribution >= 0.6 is 0 Å². The zero-order valence-electron chi connectivity index (χ0n) is 9.19. The van der Waals surface area contributed by atoms with Crippen molar-refractivity contribution in [3.05, 3.63) is 25.3 Å². The van der Waals surface area contributed by atoms with Crippen molar-refractivity contribution in [2.45, 2.75) is 19.4 Å². The number of carbonyl (C=O) groups is 2. The minimum Gasteiger partial charge on any atom is -0.306 e. The first-order chi connectivity index (χ1) is 6.96. The van der Waals surface area contributed by atoms with Gasteiger partial charge in [0, 0.05) is 13.1 Å². The summed E-state index contributed by atoms with van der Waals surface area (Å²) in [6, 6.07) is -0.273. The van der Waals surface area contributed by atoms with Crippen LogP contribution in [0.15, 0.2) is 25.3 Å². The topological polar surface area (TPSA) is 40.6 Å². The van der Waals surface area contributed by atoms with Gasteiger partial charge in [-0.2, -0.15) is 0 Å². The summed E-state index contributed by atoms with van der Waals surface area (Å²) >= 11 is 0. The summed E-state index contributed by atoms with van der Waals surface area (Å²) in [7, 11) is 0. The van der Waals surface area contributed by atoms with E-state index in [0.717, 1.165) is 0 Å². The van der Waals surface area contributed by atoms with E-state index in [9.17, 15) is 9.59 Å². The minimum absolute atomic E-state index is 0.186. The maximum atomic E-state index is 11.9. The first kappa shape index (κ1) is 11.5. The summed E-state index contributed by atoms with van der Waals surface area (Å²) in [5, 5.41) is 0. The first-order valence-corrected chi connectivity index (χ1v) is 4.82. The van der Waals surface area contributed by atoms with Crippen molar-refractivity contribution in [1.29, 1.82) is 0 Å². The molecule has 0 spiro atoms. The van der Waals surface area contributed by atoms with Crippen LogP contribution in [-0.4, -0.2) is 40.4 Å². The fourth-order valence-corrected chi connectivity index (χ4v) is 1.64. The van der Waals surface area contributed by atoms with Gasteiger partial charge in [-0.3, -0.25) is 9.69 Å². The Morgan fingerprint density at radius 3 is 2.20 bits per heavy atom. The zero-order chi connectivity index (χ0) is 11.6. The maximum Gasteiger partial charge on any atom is 0.328 e. The average molecular weight is 208 g/mol. The van der Waals surface area contributed by atoms with Crippen molar-refractivity contribution in [1.82, 2.24) is 9.80 Å². The van der Waals surface area contributed by atoms with Gasteiger partial charge in [-0.05, 0) is 13.8 Å². The van der Waals surface area contributed by atoms with E-state index in [-0.39, 0.29) is 18.5 Å². The number of imide groups is 1.